The lowest BCUT2D eigenvalue weighted by atomic mass is 9.92. The van der Waals surface area contributed by atoms with Crippen molar-refractivity contribution in [3.63, 3.8) is 0 Å². The zero-order valence-corrected chi connectivity index (χ0v) is 25.7. The Morgan fingerprint density at radius 3 is 2.71 bits per heavy atom. The number of aliphatic hydroxyl groups is 2. The third-order valence-corrected chi connectivity index (χ3v) is 10.1. The number of fused-ring (bicyclic) bond motifs is 1. The van der Waals surface area contributed by atoms with Gasteiger partial charge in [0.25, 0.3) is 0 Å². The van der Waals surface area contributed by atoms with E-state index in [4.69, 9.17) is 25.4 Å². The lowest BCUT2D eigenvalue weighted by Gasteiger charge is -2.27. The fraction of sp³-hybridized carbons (Fsp3) is 0.538. The van der Waals surface area contributed by atoms with Gasteiger partial charge in [-0.1, -0.05) is 74.5 Å². The molecule has 0 bridgehead atoms. The highest BCUT2D eigenvalue weighted by molar-refractivity contribution is 8.13. The Labute approximate surface area is 247 Å². The number of ether oxygens (including phenoxy) is 1. The smallest absolute Gasteiger partial charge is 0.387 e. The second-order valence-electron chi connectivity index (χ2n) is 10.5. The predicted octanol–water partition coefficient (Wildman–Crippen LogP) is 4.12. The number of thioether (sulfide) groups is 1. The number of halogens is 1. The molecule has 2 aromatic heterocycles. The maximum absolute atomic E-state index is 13.7. The summed E-state index contributed by atoms with van der Waals surface area (Å²) in [5, 5.41) is 25.1. The average Bonchev–Trinajstić information content (AvgIpc) is 3.48. The first-order valence-corrected chi connectivity index (χ1v) is 16.0. The molecule has 5 atom stereocenters. The van der Waals surface area contributed by atoms with Gasteiger partial charge in [0.2, 0.25) is 0 Å². The Morgan fingerprint density at radius 1 is 1.27 bits per heavy atom. The van der Waals surface area contributed by atoms with Crippen LogP contribution in [0.15, 0.2) is 43.0 Å². The van der Waals surface area contributed by atoms with Crippen molar-refractivity contribution in [2.45, 2.75) is 64.7 Å². The molecule has 1 fully saturated rings. The van der Waals surface area contributed by atoms with Crippen molar-refractivity contribution in [3.8, 4) is 0 Å². The van der Waals surface area contributed by atoms with Gasteiger partial charge in [0.1, 0.15) is 29.7 Å². The van der Waals surface area contributed by atoms with Gasteiger partial charge in [-0.25, -0.2) is 24.6 Å². The van der Waals surface area contributed by atoms with Gasteiger partial charge in [0.05, 0.1) is 19.5 Å². The van der Waals surface area contributed by atoms with Crippen LogP contribution in [0.25, 0.3) is 11.2 Å². The van der Waals surface area contributed by atoms with Crippen molar-refractivity contribution in [1.82, 2.24) is 24.6 Å². The van der Waals surface area contributed by atoms with Gasteiger partial charge in [-0.3, -0.25) is 18.4 Å². The molecule has 1 aliphatic rings. The van der Waals surface area contributed by atoms with E-state index in [0.717, 1.165) is 17.3 Å². The van der Waals surface area contributed by atoms with Crippen molar-refractivity contribution in [1.29, 1.82) is 0 Å². The number of aromatic nitrogens is 4. The molecule has 1 saturated heterocycles. The van der Waals surface area contributed by atoms with Crippen LogP contribution in [-0.2, 0) is 29.7 Å². The lowest BCUT2D eigenvalue weighted by molar-refractivity contribution is -0.118. The number of carbonyl (C=O) groups is 1. The van der Waals surface area contributed by atoms with Crippen molar-refractivity contribution >= 4 is 47.4 Å². The standard InChI is InChI=1S/C26H35ClN5O7PS/c1-5-25(2,3)24(34)41-12-11-37-40(36,31-13-17-9-7-6-8-10-17)38-14-18-20(33)26(4,35)23(39-18)32-16-30-19-21(27)28-15-29-22(19)32/h6-10,15-16,18,20,23,33,35H,5,11-14H2,1-4H3,(H,31,36)/t18-,20+,23-,26?,40?/m1/s1. The number of imidazole rings is 1. The monoisotopic (exact) mass is 627 g/mol. The van der Waals surface area contributed by atoms with Gasteiger partial charge in [-0.15, -0.1) is 0 Å². The summed E-state index contributed by atoms with van der Waals surface area (Å²) >= 11 is 7.22. The zero-order valence-electron chi connectivity index (χ0n) is 23.3. The number of benzene rings is 1. The molecule has 3 heterocycles. The van der Waals surface area contributed by atoms with Crippen LogP contribution in [0.3, 0.4) is 0 Å². The molecule has 0 radical (unpaired) electrons. The predicted molar refractivity (Wildman–Crippen MR) is 155 cm³/mol. The van der Waals surface area contributed by atoms with E-state index in [1.807, 2.05) is 51.1 Å². The number of hydrogen-bond donors (Lipinski definition) is 3. The van der Waals surface area contributed by atoms with Crippen LogP contribution < -0.4 is 5.09 Å². The van der Waals surface area contributed by atoms with E-state index in [9.17, 15) is 19.6 Å². The van der Waals surface area contributed by atoms with E-state index in [-0.39, 0.29) is 35.8 Å². The minimum atomic E-state index is -3.94. The van der Waals surface area contributed by atoms with Crippen LogP contribution in [0.5, 0.6) is 0 Å². The highest BCUT2D eigenvalue weighted by atomic mass is 35.5. The molecule has 3 N–H and O–H groups in total. The molecule has 0 saturated carbocycles. The normalized spacial score (nSPS) is 24.5. The lowest BCUT2D eigenvalue weighted by Crippen LogP contribution is -2.44. The summed E-state index contributed by atoms with van der Waals surface area (Å²) in [7, 11) is -3.94. The Balaban J connectivity index is 1.44. The number of hydrogen-bond acceptors (Lipinski definition) is 11. The number of nitrogens with zero attached hydrogens (tertiary/aromatic N) is 4. The summed E-state index contributed by atoms with van der Waals surface area (Å²) < 4.78 is 32.6. The van der Waals surface area contributed by atoms with Crippen LogP contribution in [0.4, 0.5) is 0 Å². The zero-order chi connectivity index (χ0) is 29.8. The van der Waals surface area contributed by atoms with Gasteiger partial charge in [0.15, 0.2) is 22.1 Å². The molecule has 1 aliphatic heterocycles. The first-order valence-electron chi connectivity index (χ1n) is 13.1. The molecule has 3 aromatic rings. The molecule has 4 rings (SSSR count). The third-order valence-electron chi connectivity index (χ3n) is 7.06. The van der Waals surface area contributed by atoms with Crippen molar-refractivity contribution in [2.75, 3.05) is 19.0 Å². The molecule has 224 valence electrons. The molecule has 0 aliphatic carbocycles. The topological polar surface area (TPSA) is 158 Å². The van der Waals surface area contributed by atoms with E-state index in [1.165, 1.54) is 24.1 Å². The molecule has 15 heteroatoms. The van der Waals surface area contributed by atoms with Crippen LogP contribution in [0.1, 0.15) is 45.9 Å². The minimum absolute atomic E-state index is 0.0194. The molecule has 0 amide bonds. The molecular formula is C26H35ClN5O7PS. The molecule has 1 aromatic carbocycles. The first-order chi connectivity index (χ1) is 19.4. The molecule has 0 spiro atoms. The quantitative estimate of drug-likeness (QED) is 0.142. The fourth-order valence-corrected chi connectivity index (χ4v) is 6.58. The number of carbonyl (C=O) groups excluding carboxylic acids is 1. The summed E-state index contributed by atoms with van der Waals surface area (Å²) in [5.41, 5.74) is -0.797. The SMILES string of the molecule is CCC(C)(C)C(=O)SCCOP(=O)(NCc1ccccc1)OC[C@H]1O[C@@H](n2cnc3c(Cl)ncnc32)C(C)(O)[C@H]1O. The Bertz CT molecular complexity index is 1390. The van der Waals surface area contributed by atoms with Crippen molar-refractivity contribution in [3.05, 3.63) is 53.7 Å². The molecule has 12 nitrogen and oxygen atoms in total. The summed E-state index contributed by atoms with van der Waals surface area (Å²) in [4.78, 5) is 24.7. The van der Waals surface area contributed by atoms with Crippen LogP contribution >= 0.6 is 31.1 Å². The first kappa shape index (κ1) is 32.0. The van der Waals surface area contributed by atoms with Crippen LogP contribution in [0, 0.1) is 5.41 Å². The van der Waals surface area contributed by atoms with Gasteiger partial charge >= 0.3 is 7.75 Å². The van der Waals surface area contributed by atoms with E-state index in [2.05, 4.69) is 20.0 Å². The van der Waals surface area contributed by atoms with Gasteiger partial charge < -0.3 is 14.9 Å². The van der Waals surface area contributed by atoms with E-state index in [0.29, 0.717) is 17.6 Å². The fourth-order valence-electron chi connectivity index (χ4n) is 4.09. The highest BCUT2D eigenvalue weighted by Crippen LogP contribution is 2.47. The van der Waals surface area contributed by atoms with Crippen LogP contribution in [0.2, 0.25) is 5.15 Å². The summed E-state index contributed by atoms with van der Waals surface area (Å²) in [6, 6.07) is 9.28. The van der Waals surface area contributed by atoms with E-state index < -0.39 is 37.2 Å². The van der Waals surface area contributed by atoms with Crippen molar-refractivity contribution in [2.24, 2.45) is 5.41 Å². The Kier molecular flexibility index (Phi) is 10.3. The van der Waals surface area contributed by atoms with Gasteiger partial charge in [0, 0.05) is 17.7 Å². The largest absolute Gasteiger partial charge is 0.405 e. The number of rotatable bonds is 13. The van der Waals surface area contributed by atoms with E-state index in [1.54, 1.807) is 0 Å². The Morgan fingerprint density at radius 2 is 2.00 bits per heavy atom. The summed E-state index contributed by atoms with van der Waals surface area (Å²) in [6.45, 7) is 6.90. The second kappa shape index (κ2) is 13.2. The number of aliphatic hydroxyl groups excluding tert-OH is 1. The third kappa shape index (κ3) is 7.35. The molecule has 2 unspecified atom stereocenters. The van der Waals surface area contributed by atoms with Crippen molar-refractivity contribution < 1.29 is 33.4 Å². The van der Waals surface area contributed by atoms with E-state index >= 15 is 0 Å². The van der Waals surface area contributed by atoms with Gasteiger partial charge in [-0.2, -0.15) is 0 Å². The average molecular weight is 628 g/mol. The highest BCUT2D eigenvalue weighted by Gasteiger charge is 2.54. The minimum Gasteiger partial charge on any atom is -0.387 e. The summed E-state index contributed by atoms with van der Waals surface area (Å²) in [6.07, 6.45) is -0.276. The number of nitrogens with one attached hydrogen (secondary N) is 1. The second-order valence-corrected chi connectivity index (χ2v) is 13.8. The van der Waals surface area contributed by atoms with Gasteiger partial charge in [-0.05, 0) is 18.9 Å². The van der Waals surface area contributed by atoms with Crippen LogP contribution in [-0.4, -0.2) is 71.6 Å². The summed E-state index contributed by atoms with van der Waals surface area (Å²) in [5.74, 6) is 0.278. The maximum Gasteiger partial charge on any atom is 0.405 e. The Hall–Kier alpha value is -1.93. The molecular weight excluding hydrogens is 593 g/mol. The molecule has 41 heavy (non-hydrogen) atoms. The maximum atomic E-state index is 13.7.